The Morgan fingerprint density at radius 3 is 2.53 bits per heavy atom. The standard InChI is InChI=1S/C22H27N3O5/c1-3-24-12-15(2)21(22(27)28)17(24)11-20(26)25-8-6-23(7-9-25)13-16-4-5-18-19(10-16)30-14-29-18/h4-5,10,12H,3,6-9,11,13-14H2,1-2H3,(H,27,28). The van der Waals surface area contributed by atoms with Crippen molar-refractivity contribution in [3.05, 3.63) is 46.8 Å². The van der Waals surface area contributed by atoms with Crippen molar-refractivity contribution in [2.24, 2.45) is 0 Å². The van der Waals surface area contributed by atoms with Crippen LogP contribution in [0, 0.1) is 6.92 Å². The van der Waals surface area contributed by atoms with Gasteiger partial charge >= 0.3 is 5.97 Å². The van der Waals surface area contributed by atoms with Crippen molar-refractivity contribution < 1.29 is 24.2 Å². The number of piperazine rings is 1. The fourth-order valence-electron chi connectivity index (χ4n) is 4.22. The van der Waals surface area contributed by atoms with E-state index in [-0.39, 0.29) is 24.7 Å². The number of aromatic nitrogens is 1. The highest BCUT2D eigenvalue weighted by molar-refractivity contribution is 5.93. The number of benzene rings is 1. The highest BCUT2D eigenvalue weighted by Gasteiger charge is 2.26. The highest BCUT2D eigenvalue weighted by atomic mass is 16.7. The number of fused-ring (bicyclic) bond motifs is 1. The minimum atomic E-state index is -0.976. The van der Waals surface area contributed by atoms with Gasteiger partial charge in [-0.25, -0.2) is 4.79 Å². The molecule has 1 aromatic heterocycles. The van der Waals surface area contributed by atoms with Crippen molar-refractivity contribution in [3.63, 3.8) is 0 Å². The summed E-state index contributed by atoms with van der Waals surface area (Å²) in [6.45, 7) is 8.26. The zero-order chi connectivity index (χ0) is 21.3. The van der Waals surface area contributed by atoms with E-state index in [9.17, 15) is 14.7 Å². The molecule has 0 aliphatic carbocycles. The number of carboxylic acid groups (broad SMARTS) is 1. The van der Waals surface area contributed by atoms with Crippen molar-refractivity contribution in [3.8, 4) is 11.5 Å². The van der Waals surface area contributed by atoms with Crippen molar-refractivity contribution in [2.75, 3.05) is 33.0 Å². The maximum absolute atomic E-state index is 12.9. The number of ether oxygens (including phenoxy) is 2. The summed E-state index contributed by atoms with van der Waals surface area (Å²) >= 11 is 0. The first kappa shape index (κ1) is 20.3. The number of rotatable bonds is 6. The third kappa shape index (κ3) is 4.00. The topological polar surface area (TPSA) is 84.2 Å². The number of hydrogen-bond acceptors (Lipinski definition) is 5. The zero-order valence-corrected chi connectivity index (χ0v) is 17.4. The van der Waals surface area contributed by atoms with Gasteiger partial charge in [0, 0.05) is 51.2 Å². The van der Waals surface area contributed by atoms with E-state index in [1.807, 2.05) is 40.8 Å². The average molecular weight is 413 g/mol. The van der Waals surface area contributed by atoms with Gasteiger partial charge in [0.25, 0.3) is 0 Å². The van der Waals surface area contributed by atoms with Gasteiger partial charge in [-0.2, -0.15) is 0 Å². The van der Waals surface area contributed by atoms with E-state index < -0.39 is 5.97 Å². The molecule has 8 nitrogen and oxygen atoms in total. The molecule has 1 aromatic carbocycles. The van der Waals surface area contributed by atoms with E-state index in [1.54, 1.807) is 6.92 Å². The minimum absolute atomic E-state index is 0.0203. The lowest BCUT2D eigenvalue weighted by molar-refractivity contribution is -0.132. The molecule has 0 bridgehead atoms. The van der Waals surface area contributed by atoms with Gasteiger partial charge in [0.05, 0.1) is 12.0 Å². The number of nitrogens with zero attached hydrogens (tertiary/aromatic N) is 3. The average Bonchev–Trinajstić information content (AvgIpc) is 3.31. The Hall–Kier alpha value is -3.00. The monoisotopic (exact) mass is 413 g/mol. The SMILES string of the molecule is CCn1cc(C)c(C(=O)O)c1CC(=O)N1CCN(Cc2ccc3c(c2)OCO3)CC1. The first-order chi connectivity index (χ1) is 14.5. The lowest BCUT2D eigenvalue weighted by atomic mass is 10.1. The first-order valence-corrected chi connectivity index (χ1v) is 10.3. The van der Waals surface area contributed by atoms with Gasteiger partial charge in [0.2, 0.25) is 12.7 Å². The van der Waals surface area contributed by atoms with Crippen LogP contribution in [0.4, 0.5) is 0 Å². The number of hydrogen-bond donors (Lipinski definition) is 1. The number of carboxylic acids is 1. The number of aromatic carboxylic acids is 1. The van der Waals surface area contributed by atoms with Crippen LogP contribution in [0.15, 0.2) is 24.4 Å². The zero-order valence-electron chi connectivity index (χ0n) is 17.4. The van der Waals surface area contributed by atoms with Crippen LogP contribution < -0.4 is 9.47 Å². The molecule has 3 heterocycles. The molecule has 8 heteroatoms. The highest BCUT2D eigenvalue weighted by Crippen LogP contribution is 2.32. The smallest absolute Gasteiger partial charge is 0.337 e. The lowest BCUT2D eigenvalue weighted by Gasteiger charge is -2.35. The molecule has 160 valence electrons. The second-order valence-corrected chi connectivity index (χ2v) is 7.75. The Labute approximate surface area is 175 Å². The molecule has 0 radical (unpaired) electrons. The number of amides is 1. The predicted octanol–water partition coefficient (Wildman–Crippen LogP) is 2.13. The summed E-state index contributed by atoms with van der Waals surface area (Å²) in [6.07, 6.45) is 1.93. The molecule has 2 aliphatic heterocycles. The molecule has 4 rings (SSSR count). The summed E-state index contributed by atoms with van der Waals surface area (Å²) in [7, 11) is 0. The second-order valence-electron chi connectivity index (χ2n) is 7.75. The van der Waals surface area contributed by atoms with Crippen molar-refractivity contribution in [1.29, 1.82) is 0 Å². The van der Waals surface area contributed by atoms with Gasteiger partial charge in [-0.1, -0.05) is 6.07 Å². The molecular weight excluding hydrogens is 386 g/mol. The normalized spacial score (nSPS) is 16.1. The van der Waals surface area contributed by atoms with Crippen molar-refractivity contribution in [1.82, 2.24) is 14.4 Å². The van der Waals surface area contributed by atoms with E-state index in [0.717, 1.165) is 36.7 Å². The molecule has 0 saturated carbocycles. The third-order valence-electron chi connectivity index (χ3n) is 5.82. The van der Waals surface area contributed by atoms with Crippen molar-refractivity contribution >= 4 is 11.9 Å². The van der Waals surface area contributed by atoms with E-state index in [4.69, 9.17) is 9.47 Å². The van der Waals surface area contributed by atoms with Crippen LogP contribution in [0.2, 0.25) is 0 Å². The third-order valence-corrected chi connectivity index (χ3v) is 5.82. The van der Waals surface area contributed by atoms with E-state index >= 15 is 0 Å². The fraction of sp³-hybridized carbons (Fsp3) is 0.455. The Bertz CT molecular complexity index is 960. The van der Waals surface area contributed by atoms with E-state index in [0.29, 0.717) is 30.9 Å². The maximum Gasteiger partial charge on any atom is 0.337 e. The van der Waals surface area contributed by atoms with Gasteiger partial charge in [-0.15, -0.1) is 0 Å². The predicted molar refractivity (Wildman–Crippen MR) is 110 cm³/mol. The first-order valence-electron chi connectivity index (χ1n) is 10.3. The van der Waals surface area contributed by atoms with E-state index in [1.165, 1.54) is 0 Å². The molecule has 0 spiro atoms. The maximum atomic E-state index is 12.9. The van der Waals surface area contributed by atoms with Gasteiger partial charge < -0.3 is 24.0 Å². The molecule has 0 atom stereocenters. The molecule has 1 amide bonds. The summed E-state index contributed by atoms with van der Waals surface area (Å²) < 4.78 is 12.7. The van der Waals surface area contributed by atoms with Gasteiger partial charge in [-0.3, -0.25) is 9.69 Å². The molecule has 0 unspecified atom stereocenters. The van der Waals surface area contributed by atoms with Crippen LogP contribution in [-0.4, -0.2) is 64.3 Å². The van der Waals surface area contributed by atoms with Crippen LogP contribution in [-0.2, 0) is 24.3 Å². The Kier molecular flexibility index (Phi) is 5.67. The molecule has 1 saturated heterocycles. The van der Waals surface area contributed by atoms with Gasteiger partial charge in [-0.05, 0) is 37.1 Å². The molecule has 1 fully saturated rings. The van der Waals surface area contributed by atoms with Gasteiger partial charge in [0.15, 0.2) is 11.5 Å². The summed E-state index contributed by atoms with van der Waals surface area (Å²) in [5.74, 6) is 0.566. The fourth-order valence-corrected chi connectivity index (χ4v) is 4.22. The number of carbonyl (C=O) groups is 2. The number of carbonyl (C=O) groups excluding carboxylic acids is 1. The Morgan fingerprint density at radius 2 is 1.83 bits per heavy atom. The quantitative estimate of drug-likeness (QED) is 0.781. The number of aryl methyl sites for hydroxylation is 2. The minimum Gasteiger partial charge on any atom is -0.478 e. The summed E-state index contributed by atoms with van der Waals surface area (Å²) in [5, 5.41) is 9.55. The van der Waals surface area contributed by atoms with Crippen LogP contribution in [0.1, 0.15) is 34.1 Å². The van der Waals surface area contributed by atoms with E-state index in [2.05, 4.69) is 4.90 Å². The molecule has 2 aliphatic rings. The molecule has 1 N–H and O–H groups in total. The Morgan fingerprint density at radius 1 is 1.10 bits per heavy atom. The Balaban J connectivity index is 1.35. The summed E-state index contributed by atoms with van der Waals surface area (Å²) in [5.41, 5.74) is 2.70. The second kappa shape index (κ2) is 8.39. The van der Waals surface area contributed by atoms with Crippen LogP contribution >= 0.6 is 0 Å². The molecule has 30 heavy (non-hydrogen) atoms. The van der Waals surface area contributed by atoms with Crippen LogP contribution in [0.25, 0.3) is 0 Å². The molecular formula is C22H27N3O5. The summed E-state index contributed by atoms with van der Waals surface area (Å²) in [6, 6.07) is 5.98. The van der Waals surface area contributed by atoms with Crippen LogP contribution in [0.5, 0.6) is 11.5 Å². The largest absolute Gasteiger partial charge is 0.478 e. The molecule has 2 aromatic rings. The van der Waals surface area contributed by atoms with Crippen LogP contribution in [0.3, 0.4) is 0 Å². The van der Waals surface area contributed by atoms with Gasteiger partial charge in [0.1, 0.15) is 0 Å². The lowest BCUT2D eigenvalue weighted by Crippen LogP contribution is -2.48. The van der Waals surface area contributed by atoms with Crippen molar-refractivity contribution in [2.45, 2.75) is 33.4 Å². The summed E-state index contributed by atoms with van der Waals surface area (Å²) in [4.78, 5) is 28.7.